The number of carbonyl (C=O) groups is 6. The van der Waals surface area contributed by atoms with E-state index in [1.165, 1.54) is 0 Å². The van der Waals surface area contributed by atoms with Crippen LogP contribution in [0.5, 0.6) is 0 Å². The lowest BCUT2D eigenvalue weighted by atomic mass is 9.75. The Labute approximate surface area is 315 Å². The van der Waals surface area contributed by atoms with Gasteiger partial charge in [0.15, 0.2) is 30.7 Å². The van der Waals surface area contributed by atoms with E-state index < -0.39 is 96.2 Å². The van der Waals surface area contributed by atoms with E-state index in [1.54, 1.807) is 6.07 Å². The molecular weight excluding hydrogens is 736 g/mol. The standard InChI is InChI=1S/C36H46O19/c1-17(37)48-29-26(53-33(43)31(50-19(3)39)30(29)49-18(2)38)15-46-13-11-45-12-14-47-16-27-32(51-20(4)40)35(54-22(6)42)28-24-9-7-23(24)8-10-25(28)36(44,55-27)34(35)52-21(5)41/h8,10,26-27,29-34,43-44H,7,9,11-16H2,1-6H3/t26-,27-,29+,30+,31-,32+,33-,34-,35+,36-/m1/s1. The molecule has 19 heteroatoms. The molecule has 304 valence electrons. The normalized spacial score (nSPS) is 31.5. The highest BCUT2D eigenvalue weighted by Crippen LogP contribution is 2.61. The van der Waals surface area contributed by atoms with Crippen molar-refractivity contribution in [2.45, 2.75) is 115 Å². The molecule has 0 radical (unpaired) electrons. The SMILES string of the molecule is CC(=O)O[C@@H]1[C@@H](OC(C)=O)[C@H](O)O[C@H](COCCOCCOC[C@H]2O[C@]3(O)c4ccc5c(c4[C@@](OC(C)=O)([C@H]3OC(C)=O)[C@H]2OC(C)=O)CC5)[C@@H]1OC(C)=O. The highest BCUT2D eigenvalue weighted by molar-refractivity contribution is 5.72. The minimum atomic E-state index is -2.29. The summed E-state index contributed by atoms with van der Waals surface area (Å²) in [6.07, 6.45) is -9.91. The molecule has 55 heavy (non-hydrogen) atoms. The summed E-state index contributed by atoms with van der Waals surface area (Å²) < 4.78 is 61.7. The maximum absolute atomic E-state index is 12.7. The number of aliphatic hydroxyl groups excluding tert-OH is 1. The third kappa shape index (κ3) is 8.77. The third-order valence-electron chi connectivity index (χ3n) is 9.38. The minimum Gasteiger partial charge on any atom is -0.456 e. The Bertz CT molecular complexity index is 1640. The first-order valence-electron chi connectivity index (χ1n) is 17.7. The lowest BCUT2D eigenvalue weighted by Crippen LogP contribution is -2.68. The maximum atomic E-state index is 12.7. The Hall–Kier alpha value is -4.24. The van der Waals surface area contributed by atoms with Crippen molar-refractivity contribution in [1.82, 2.24) is 0 Å². The van der Waals surface area contributed by atoms with E-state index in [4.69, 9.17) is 52.1 Å². The van der Waals surface area contributed by atoms with Crippen LogP contribution in [0.4, 0.5) is 0 Å². The lowest BCUT2D eigenvalue weighted by Gasteiger charge is -2.50. The molecule has 2 saturated heterocycles. The number of aliphatic hydroxyl groups is 2. The molecule has 2 heterocycles. The van der Waals surface area contributed by atoms with Gasteiger partial charge in [0.05, 0.1) is 39.6 Å². The van der Waals surface area contributed by atoms with E-state index in [-0.39, 0.29) is 45.2 Å². The summed E-state index contributed by atoms with van der Waals surface area (Å²) in [5.41, 5.74) is 0.347. The van der Waals surface area contributed by atoms with Crippen LogP contribution in [0, 0.1) is 0 Å². The molecule has 5 rings (SSSR count). The van der Waals surface area contributed by atoms with Crippen LogP contribution in [-0.4, -0.2) is 135 Å². The van der Waals surface area contributed by atoms with Crippen LogP contribution in [-0.2, 0) is 105 Å². The van der Waals surface area contributed by atoms with Crippen LogP contribution in [0.1, 0.15) is 63.8 Å². The Morgan fingerprint density at radius 2 is 1.22 bits per heavy atom. The zero-order valence-electron chi connectivity index (χ0n) is 31.3. The summed E-state index contributed by atoms with van der Waals surface area (Å²) in [5.74, 6) is -6.93. The van der Waals surface area contributed by atoms with Gasteiger partial charge in [-0.05, 0) is 24.0 Å². The molecule has 2 N–H and O–H groups in total. The van der Waals surface area contributed by atoms with Gasteiger partial charge in [-0.25, -0.2) is 0 Å². The zero-order chi connectivity index (χ0) is 40.2. The summed E-state index contributed by atoms with van der Waals surface area (Å²) >= 11 is 0. The van der Waals surface area contributed by atoms with Crippen molar-refractivity contribution in [3.63, 3.8) is 0 Å². The fraction of sp³-hybridized carbons (Fsp3) is 0.667. The van der Waals surface area contributed by atoms with Crippen LogP contribution >= 0.6 is 0 Å². The molecule has 4 aliphatic rings. The molecule has 2 aliphatic heterocycles. The average Bonchev–Trinajstić information content (AvgIpc) is 3.18. The number of ether oxygens (including phenoxy) is 11. The van der Waals surface area contributed by atoms with E-state index >= 15 is 0 Å². The number of fused-ring (bicyclic) bond motifs is 7. The Morgan fingerprint density at radius 1 is 0.673 bits per heavy atom. The zero-order valence-corrected chi connectivity index (χ0v) is 31.3. The first-order valence-corrected chi connectivity index (χ1v) is 17.7. The first-order chi connectivity index (χ1) is 26.0. The van der Waals surface area contributed by atoms with Crippen molar-refractivity contribution in [3.05, 3.63) is 34.4 Å². The fourth-order valence-electron chi connectivity index (χ4n) is 7.53. The predicted octanol–water partition coefficient (Wildman–Crippen LogP) is -0.473. The van der Waals surface area contributed by atoms with Gasteiger partial charge in [-0.3, -0.25) is 28.8 Å². The molecule has 0 saturated carbocycles. The Morgan fingerprint density at radius 3 is 1.76 bits per heavy atom. The molecule has 10 atom stereocenters. The van der Waals surface area contributed by atoms with Crippen LogP contribution in [0.3, 0.4) is 0 Å². The number of hydrogen-bond donors (Lipinski definition) is 2. The molecule has 0 spiro atoms. The first kappa shape index (κ1) is 41.9. The van der Waals surface area contributed by atoms with Gasteiger partial charge in [-0.2, -0.15) is 0 Å². The number of aryl methyl sites for hydroxylation is 1. The molecular formula is C36H46O19. The molecule has 0 unspecified atom stereocenters. The summed E-state index contributed by atoms with van der Waals surface area (Å²) in [6, 6.07) is 3.43. The van der Waals surface area contributed by atoms with Crippen molar-refractivity contribution in [2.75, 3.05) is 39.6 Å². The highest BCUT2D eigenvalue weighted by atomic mass is 16.7. The van der Waals surface area contributed by atoms with Gasteiger partial charge in [0.25, 0.3) is 0 Å². The van der Waals surface area contributed by atoms with Gasteiger partial charge in [0.2, 0.25) is 17.5 Å². The van der Waals surface area contributed by atoms with Crippen molar-refractivity contribution < 1.29 is 91.1 Å². The van der Waals surface area contributed by atoms with E-state index in [9.17, 15) is 39.0 Å². The second-order valence-corrected chi connectivity index (χ2v) is 13.4. The van der Waals surface area contributed by atoms with Gasteiger partial charge in [-0.1, -0.05) is 12.1 Å². The second kappa shape index (κ2) is 17.3. The van der Waals surface area contributed by atoms with E-state index in [0.717, 1.165) is 59.1 Å². The predicted molar refractivity (Wildman–Crippen MR) is 177 cm³/mol. The Kier molecular flexibility index (Phi) is 13.2. The van der Waals surface area contributed by atoms with Crippen LogP contribution < -0.4 is 0 Å². The minimum absolute atomic E-state index is 0.00727. The van der Waals surface area contributed by atoms with Crippen LogP contribution in [0.25, 0.3) is 0 Å². The fourth-order valence-corrected chi connectivity index (χ4v) is 7.53. The maximum Gasteiger partial charge on any atom is 0.303 e. The van der Waals surface area contributed by atoms with E-state index in [0.29, 0.717) is 12.0 Å². The lowest BCUT2D eigenvalue weighted by molar-refractivity contribution is -0.375. The van der Waals surface area contributed by atoms with Crippen molar-refractivity contribution >= 4 is 35.8 Å². The third-order valence-corrected chi connectivity index (χ3v) is 9.38. The number of carbonyl (C=O) groups excluding carboxylic acids is 6. The van der Waals surface area contributed by atoms with Crippen molar-refractivity contribution in [3.8, 4) is 0 Å². The van der Waals surface area contributed by atoms with E-state index in [2.05, 4.69) is 0 Å². The van der Waals surface area contributed by atoms with Gasteiger partial charge >= 0.3 is 35.8 Å². The number of esters is 6. The van der Waals surface area contributed by atoms with Gasteiger partial charge in [0, 0.05) is 52.7 Å². The number of rotatable bonds is 16. The summed E-state index contributed by atoms with van der Waals surface area (Å²) in [4.78, 5) is 72.9. The van der Waals surface area contributed by atoms with Crippen molar-refractivity contribution in [1.29, 1.82) is 0 Å². The van der Waals surface area contributed by atoms with Gasteiger partial charge in [0.1, 0.15) is 12.2 Å². The Balaban J connectivity index is 1.19. The summed E-state index contributed by atoms with van der Waals surface area (Å²) in [5, 5.41) is 22.6. The topological polar surface area (TPSA) is 244 Å². The van der Waals surface area contributed by atoms with Crippen molar-refractivity contribution in [2.24, 2.45) is 0 Å². The molecule has 0 amide bonds. The monoisotopic (exact) mass is 782 g/mol. The van der Waals surface area contributed by atoms with Gasteiger partial charge in [-0.15, -0.1) is 0 Å². The van der Waals surface area contributed by atoms with E-state index in [1.807, 2.05) is 6.07 Å². The smallest absolute Gasteiger partial charge is 0.303 e. The molecule has 1 aromatic carbocycles. The highest BCUT2D eigenvalue weighted by Gasteiger charge is 2.76. The average molecular weight is 783 g/mol. The second-order valence-electron chi connectivity index (χ2n) is 13.4. The van der Waals surface area contributed by atoms with Crippen LogP contribution in [0.2, 0.25) is 0 Å². The number of benzene rings is 1. The van der Waals surface area contributed by atoms with Crippen LogP contribution in [0.15, 0.2) is 12.1 Å². The molecule has 0 aromatic heterocycles. The van der Waals surface area contributed by atoms with Gasteiger partial charge < -0.3 is 62.3 Å². The molecule has 19 nitrogen and oxygen atoms in total. The molecule has 1 aromatic rings. The largest absolute Gasteiger partial charge is 0.456 e. The molecule has 2 fully saturated rings. The molecule has 2 aliphatic carbocycles. The summed E-state index contributed by atoms with van der Waals surface area (Å²) in [6.45, 7) is 6.27. The quantitative estimate of drug-likeness (QED) is 0.122. The summed E-state index contributed by atoms with van der Waals surface area (Å²) in [7, 11) is 0. The number of hydrogen-bond acceptors (Lipinski definition) is 19. The molecule has 2 bridgehead atoms.